The maximum absolute atomic E-state index is 12.5. The summed E-state index contributed by atoms with van der Waals surface area (Å²) in [6.07, 6.45) is -0.280. The Kier molecular flexibility index (Phi) is 6.41. The van der Waals surface area contributed by atoms with Crippen LogP contribution in [-0.2, 0) is 14.3 Å². The van der Waals surface area contributed by atoms with Gasteiger partial charge in [-0.05, 0) is 35.1 Å². The summed E-state index contributed by atoms with van der Waals surface area (Å²) in [5.74, 6) is -2.32. The predicted molar refractivity (Wildman–Crippen MR) is 116 cm³/mol. The van der Waals surface area contributed by atoms with Gasteiger partial charge in [0, 0.05) is 12.0 Å². The molecule has 32 heavy (non-hydrogen) atoms. The standard InChI is InChI=1S/C24H26N2O6/c27-21(23(29)30)12-25-22(28)18-10-5-11-20(18)26-24(31)32-13-19-16-8-3-1-6-14(16)15-7-2-4-9-17(15)19/h1-4,6-9,18-21,27H,5,10-13H2,(H,25,28)(H,26,31)(H,29,30)/t18-,20+,21+/m1/s1. The molecule has 1 saturated carbocycles. The molecule has 4 N–H and O–H groups in total. The van der Waals surface area contributed by atoms with Crippen LogP contribution in [0, 0.1) is 5.92 Å². The minimum Gasteiger partial charge on any atom is -0.479 e. The topological polar surface area (TPSA) is 125 Å². The summed E-state index contributed by atoms with van der Waals surface area (Å²) in [7, 11) is 0. The van der Waals surface area contributed by atoms with Crippen LogP contribution in [0.5, 0.6) is 0 Å². The molecule has 2 amide bonds. The van der Waals surface area contributed by atoms with Gasteiger partial charge in [-0.25, -0.2) is 9.59 Å². The van der Waals surface area contributed by atoms with Gasteiger partial charge in [-0.1, -0.05) is 55.0 Å². The van der Waals surface area contributed by atoms with Gasteiger partial charge in [-0.2, -0.15) is 0 Å². The highest BCUT2D eigenvalue weighted by Gasteiger charge is 2.35. The number of hydrogen-bond donors (Lipinski definition) is 4. The summed E-state index contributed by atoms with van der Waals surface area (Å²) in [5.41, 5.74) is 4.54. The molecule has 168 valence electrons. The Labute approximate surface area is 185 Å². The molecule has 3 atom stereocenters. The van der Waals surface area contributed by atoms with Crippen LogP contribution in [0.1, 0.15) is 36.3 Å². The monoisotopic (exact) mass is 438 g/mol. The molecule has 0 aliphatic heterocycles. The Bertz CT molecular complexity index is 978. The smallest absolute Gasteiger partial charge is 0.407 e. The van der Waals surface area contributed by atoms with Crippen molar-refractivity contribution in [3.8, 4) is 11.1 Å². The lowest BCUT2D eigenvalue weighted by atomic mass is 9.98. The fraction of sp³-hybridized carbons (Fsp3) is 0.375. The zero-order valence-corrected chi connectivity index (χ0v) is 17.5. The molecule has 2 aliphatic carbocycles. The predicted octanol–water partition coefficient (Wildman–Crippen LogP) is 2.26. The molecule has 4 rings (SSSR count). The Morgan fingerprint density at radius 2 is 1.62 bits per heavy atom. The number of carbonyl (C=O) groups is 3. The van der Waals surface area contributed by atoms with Crippen molar-refractivity contribution < 1.29 is 29.3 Å². The minimum atomic E-state index is -1.66. The fourth-order valence-corrected chi connectivity index (χ4v) is 4.65. The minimum absolute atomic E-state index is 0.0478. The number of fused-ring (bicyclic) bond motifs is 3. The summed E-state index contributed by atoms with van der Waals surface area (Å²) in [5, 5.41) is 23.3. The van der Waals surface area contributed by atoms with E-state index < -0.39 is 30.1 Å². The number of aliphatic carboxylic acids is 1. The van der Waals surface area contributed by atoms with E-state index in [0.29, 0.717) is 12.8 Å². The van der Waals surface area contributed by atoms with Gasteiger partial charge in [-0.15, -0.1) is 0 Å². The van der Waals surface area contributed by atoms with Gasteiger partial charge in [0.1, 0.15) is 6.61 Å². The van der Waals surface area contributed by atoms with Crippen molar-refractivity contribution in [3.63, 3.8) is 0 Å². The van der Waals surface area contributed by atoms with Crippen LogP contribution in [0.4, 0.5) is 4.79 Å². The van der Waals surface area contributed by atoms with E-state index in [2.05, 4.69) is 22.8 Å². The molecule has 0 bridgehead atoms. The van der Waals surface area contributed by atoms with Gasteiger partial charge in [0.2, 0.25) is 5.91 Å². The second-order valence-electron chi connectivity index (χ2n) is 8.21. The Balaban J connectivity index is 1.34. The lowest BCUT2D eigenvalue weighted by molar-refractivity contribution is -0.146. The summed E-state index contributed by atoms with van der Waals surface area (Å²) in [4.78, 5) is 35.6. The first kappa shape index (κ1) is 21.8. The number of rotatable bonds is 7. The van der Waals surface area contributed by atoms with E-state index in [1.165, 1.54) is 0 Å². The number of amides is 2. The van der Waals surface area contributed by atoms with Crippen LogP contribution in [-0.4, -0.2) is 53.5 Å². The first-order valence-electron chi connectivity index (χ1n) is 10.8. The van der Waals surface area contributed by atoms with Gasteiger partial charge in [-0.3, -0.25) is 4.79 Å². The number of carboxylic acid groups (broad SMARTS) is 1. The van der Waals surface area contributed by atoms with E-state index >= 15 is 0 Å². The van der Waals surface area contributed by atoms with E-state index in [1.807, 2.05) is 36.4 Å². The molecule has 0 unspecified atom stereocenters. The van der Waals surface area contributed by atoms with Crippen LogP contribution in [0.3, 0.4) is 0 Å². The zero-order chi connectivity index (χ0) is 22.7. The van der Waals surface area contributed by atoms with E-state index in [0.717, 1.165) is 28.7 Å². The molecule has 2 aromatic carbocycles. The van der Waals surface area contributed by atoms with Gasteiger partial charge in [0.25, 0.3) is 0 Å². The Morgan fingerprint density at radius 1 is 1.00 bits per heavy atom. The third-order valence-electron chi connectivity index (χ3n) is 6.25. The van der Waals surface area contributed by atoms with Crippen molar-refractivity contribution >= 4 is 18.0 Å². The molecule has 8 nitrogen and oxygen atoms in total. The number of nitrogens with one attached hydrogen (secondary N) is 2. The number of hydrogen-bond acceptors (Lipinski definition) is 5. The van der Waals surface area contributed by atoms with Crippen LogP contribution < -0.4 is 10.6 Å². The third-order valence-corrected chi connectivity index (χ3v) is 6.25. The average molecular weight is 438 g/mol. The highest BCUT2D eigenvalue weighted by atomic mass is 16.5. The molecule has 8 heteroatoms. The van der Waals surface area contributed by atoms with E-state index in [9.17, 15) is 19.5 Å². The summed E-state index contributed by atoms with van der Waals surface area (Å²) in [6.45, 7) is -0.184. The van der Waals surface area contributed by atoms with Crippen molar-refractivity contribution in [2.24, 2.45) is 5.92 Å². The second-order valence-corrected chi connectivity index (χ2v) is 8.21. The molecule has 0 saturated heterocycles. The van der Waals surface area contributed by atoms with Gasteiger partial charge in [0.15, 0.2) is 6.10 Å². The highest BCUT2D eigenvalue weighted by Crippen LogP contribution is 2.44. The maximum atomic E-state index is 12.5. The van der Waals surface area contributed by atoms with Crippen LogP contribution in [0.2, 0.25) is 0 Å². The van der Waals surface area contributed by atoms with E-state index in [-0.39, 0.29) is 25.0 Å². The van der Waals surface area contributed by atoms with E-state index in [4.69, 9.17) is 9.84 Å². The summed E-state index contributed by atoms with van der Waals surface area (Å²) < 4.78 is 5.56. The number of carboxylic acids is 1. The molecular weight excluding hydrogens is 412 g/mol. The molecule has 2 aromatic rings. The Morgan fingerprint density at radius 3 is 2.25 bits per heavy atom. The van der Waals surface area contributed by atoms with Crippen LogP contribution >= 0.6 is 0 Å². The van der Waals surface area contributed by atoms with Crippen molar-refractivity contribution in [3.05, 3.63) is 59.7 Å². The van der Waals surface area contributed by atoms with Crippen molar-refractivity contribution in [1.82, 2.24) is 10.6 Å². The largest absolute Gasteiger partial charge is 0.479 e. The lowest BCUT2D eigenvalue weighted by Crippen LogP contribution is -2.46. The molecule has 0 heterocycles. The van der Waals surface area contributed by atoms with Crippen molar-refractivity contribution in [2.45, 2.75) is 37.3 Å². The number of alkyl carbamates (subject to hydrolysis) is 1. The number of ether oxygens (including phenoxy) is 1. The maximum Gasteiger partial charge on any atom is 0.407 e. The van der Waals surface area contributed by atoms with Gasteiger partial charge < -0.3 is 25.6 Å². The van der Waals surface area contributed by atoms with Crippen LogP contribution in [0.25, 0.3) is 11.1 Å². The second kappa shape index (κ2) is 9.40. The van der Waals surface area contributed by atoms with Crippen molar-refractivity contribution in [2.75, 3.05) is 13.2 Å². The number of carbonyl (C=O) groups excluding carboxylic acids is 2. The highest BCUT2D eigenvalue weighted by molar-refractivity contribution is 5.82. The fourth-order valence-electron chi connectivity index (χ4n) is 4.65. The number of aliphatic hydroxyl groups excluding tert-OH is 1. The van der Waals surface area contributed by atoms with Crippen LogP contribution in [0.15, 0.2) is 48.5 Å². The Hall–Kier alpha value is -3.39. The lowest BCUT2D eigenvalue weighted by Gasteiger charge is -2.21. The normalized spacial score (nSPS) is 20.2. The number of aliphatic hydroxyl groups is 1. The molecule has 2 aliphatic rings. The first-order chi connectivity index (χ1) is 15.5. The molecule has 1 fully saturated rings. The number of benzene rings is 2. The average Bonchev–Trinajstić information content (AvgIpc) is 3.38. The third kappa shape index (κ3) is 4.45. The quantitative estimate of drug-likeness (QED) is 0.526. The molecule has 0 aromatic heterocycles. The summed E-state index contributed by atoms with van der Waals surface area (Å²) in [6, 6.07) is 15.8. The van der Waals surface area contributed by atoms with Gasteiger partial charge >= 0.3 is 12.1 Å². The molecule has 0 spiro atoms. The van der Waals surface area contributed by atoms with Gasteiger partial charge in [0.05, 0.1) is 12.5 Å². The molecule has 0 radical (unpaired) electrons. The summed E-state index contributed by atoms with van der Waals surface area (Å²) >= 11 is 0. The van der Waals surface area contributed by atoms with E-state index in [1.54, 1.807) is 0 Å². The first-order valence-corrected chi connectivity index (χ1v) is 10.8. The zero-order valence-electron chi connectivity index (χ0n) is 17.5. The SMILES string of the molecule is O=C(N[C@H]1CCC[C@H]1C(=O)NC[C@H](O)C(=O)O)OCC1c2ccccc2-c2ccccc21. The van der Waals surface area contributed by atoms with Crippen molar-refractivity contribution in [1.29, 1.82) is 0 Å². The molecular formula is C24H26N2O6.